The Morgan fingerprint density at radius 1 is 1.11 bits per heavy atom. The molecule has 4 fully saturated rings. The second-order valence-corrected chi connectivity index (χ2v) is 14.1. The van der Waals surface area contributed by atoms with E-state index in [9.17, 15) is 19.8 Å². The summed E-state index contributed by atoms with van der Waals surface area (Å²) in [5.41, 5.74) is 1.24. The van der Waals surface area contributed by atoms with Crippen molar-refractivity contribution in [3.05, 3.63) is 89.0 Å². The molecule has 0 aromatic heterocycles. The zero-order chi connectivity index (χ0) is 32.1. The lowest BCUT2D eigenvalue weighted by atomic mass is 9.44. The lowest BCUT2D eigenvalue weighted by Gasteiger charge is -2.63. The summed E-state index contributed by atoms with van der Waals surface area (Å²) < 4.78 is 46.4. The van der Waals surface area contributed by atoms with Gasteiger partial charge in [0.05, 0.1) is 12.2 Å². The van der Waals surface area contributed by atoms with Gasteiger partial charge in [0.25, 0.3) is 0 Å². The number of aliphatic hydroxyl groups excluding tert-OH is 2. The molecule has 0 spiro atoms. The SMILES string of the molecule is CC(c1ccc(C2OC3CC4C5CC(F)C6=CC(=O)C=CC6(C)C5(F)C(O)CC4(C)C3(C(=O)CO)O2)cc1)c1cccc([NH3+])c1. The number of ether oxygens (including phenoxy) is 2. The number of aliphatic hydroxyl groups is 2. The van der Waals surface area contributed by atoms with Crippen LogP contribution in [0.15, 0.2) is 72.3 Å². The van der Waals surface area contributed by atoms with E-state index >= 15 is 8.78 Å². The maximum Gasteiger partial charge on any atom is 0.193 e. The predicted octanol–water partition coefficient (Wildman–Crippen LogP) is 4.35. The largest absolute Gasteiger partial charge is 0.390 e. The third-order valence-electron chi connectivity index (χ3n) is 12.1. The Morgan fingerprint density at radius 2 is 1.84 bits per heavy atom. The van der Waals surface area contributed by atoms with Gasteiger partial charge in [-0.1, -0.05) is 56.3 Å². The molecule has 11 unspecified atom stereocenters. The number of allylic oxidation sites excluding steroid dienone is 4. The van der Waals surface area contributed by atoms with Crippen molar-refractivity contribution in [3.63, 3.8) is 0 Å². The summed E-state index contributed by atoms with van der Waals surface area (Å²) in [5.74, 6) is -2.48. The van der Waals surface area contributed by atoms with Gasteiger partial charge in [-0.2, -0.15) is 0 Å². The number of fused-ring (bicyclic) bond motifs is 7. The van der Waals surface area contributed by atoms with Crippen molar-refractivity contribution in [1.82, 2.24) is 0 Å². The van der Waals surface area contributed by atoms with E-state index in [-0.39, 0.29) is 30.8 Å². The molecule has 11 atom stereocenters. The van der Waals surface area contributed by atoms with Crippen molar-refractivity contribution < 1.29 is 43.8 Å². The third kappa shape index (κ3) is 3.97. The Balaban J connectivity index is 1.22. The molecule has 7 nitrogen and oxygen atoms in total. The van der Waals surface area contributed by atoms with Crippen LogP contribution in [0.3, 0.4) is 0 Å². The third-order valence-corrected chi connectivity index (χ3v) is 12.1. The molecule has 7 rings (SSSR count). The molecule has 5 aliphatic rings. The molecule has 1 saturated heterocycles. The van der Waals surface area contributed by atoms with Crippen molar-refractivity contribution in [3.8, 4) is 0 Å². The van der Waals surface area contributed by atoms with Gasteiger partial charge in [-0.05, 0) is 67.0 Å². The fraction of sp³-hybridized carbons (Fsp3) is 0.500. The van der Waals surface area contributed by atoms with Crippen LogP contribution in [0.4, 0.5) is 14.5 Å². The molecule has 2 aromatic carbocycles. The van der Waals surface area contributed by atoms with E-state index in [0.29, 0.717) is 5.56 Å². The van der Waals surface area contributed by atoms with Crippen LogP contribution in [0.1, 0.15) is 68.9 Å². The molecular weight excluding hydrogens is 580 g/mol. The van der Waals surface area contributed by atoms with E-state index in [1.165, 1.54) is 12.2 Å². The highest BCUT2D eigenvalue weighted by atomic mass is 19.1. The summed E-state index contributed by atoms with van der Waals surface area (Å²) in [5, 5.41) is 21.9. The molecule has 45 heavy (non-hydrogen) atoms. The monoisotopic (exact) mass is 620 g/mol. The van der Waals surface area contributed by atoms with Crippen molar-refractivity contribution >= 4 is 17.3 Å². The second kappa shape index (κ2) is 10.2. The Kier molecular flexibility index (Phi) is 6.94. The summed E-state index contributed by atoms with van der Waals surface area (Å²) >= 11 is 0. The van der Waals surface area contributed by atoms with Crippen LogP contribution in [0, 0.1) is 22.7 Å². The summed E-state index contributed by atoms with van der Waals surface area (Å²) in [4.78, 5) is 25.9. The second-order valence-electron chi connectivity index (χ2n) is 14.1. The van der Waals surface area contributed by atoms with Gasteiger partial charge in [-0.3, -0.25) is 9.59 Å². The smallest absolute Gasteiger partial charge is 0.193 e. The van der Waals surface area contributed by atoms with Crippen LogP contribution in [0.2, 0.25) is 0 Å². The number of hydrogen-bond donors (Lipinski definition) is 3. The first-order valence-electron chi connectivity index (χ1n) is 15.8. The standard InChI is InChI=1S/C36H39F2NO6/c1-19(22-5-4-6-23(39)13-22)20-7-9-21(10-8-20)32-44-31-16-25-26-15-28(37)27-14-24(41)11-12-33(27,2)35(26,38)29(42)17-34(25,3)36(31,45-32)30(43)18-40/h4-14,19,25-26,28-29,31-32,40,42H,15-18,39H2,1-3H3/p+1. The van der Waals surface area contributed by atoms with Gasteiger partial charge >= 0.3 is 0 Å². The number of alkyl halides is 2. The maximum absolute atomic E-state index is 17.6. The van der Waals surface area contributed by atoms with Crippen molar-refractivity contribution in [2.45, 2.75) is 81.9 Å². The van der Waals surface area contributed by atoms with E-state index in [2.05, 4.69) is 18.7 Å². The fourth-order valence-corrected chi connectivity index (χ4v) is 9.71. The molecule has 2 aromatic rings. The zero-order valence-corrected chi connectivity index (χ0v) is 25.7. The van der Waals surface area contributed by atoms with Gasteiger partial charge in [0.1, 0.15) is 18.5 Å². The number of ketones is 2. The average Bonchev–Trinajstić information content (AvgIpc) is 3.52. The van der Waals surface area contributed by atoms with Gasteiger partial charge in [0, 0.05) is 34.3 Å². The highest BCUT2D eigenvalue weighted by Crippen LogP contribution is 2.72. The molecule has 5 N–H and O–H groups in total. The molecule has 238 valence electrons. The Labute approximate surface area is 261 Å². The molecule has 3 saturated carbocycles. The van der Waals surface area contributed by atoms with Crippen LogP contribution < -0.4 is 5.73 Å². The van der Waals surface area contributed by atoms with Crippen molar-refractivity contribution in [2.24, 2.45) is 22.7 Å². The molecule has 1 heterocycles. The van der Waals surface area contributed by atoms with E-state index in [1.807, 2.05) is 42.5 Å². The number of quaternary nitrogens is 1. The average molecular weight is 621 g/mol. The van der Waals surface area contributed by atoms with Crippen LogP contribution in [-0.4, -0.2) is 58.0 Å². The highest BCUT2D eigenvalue weighted by molar-refractivity contribution is 6.01. The Hall–Kier alpha value is -3.08. The minimum atomic E-state index is -2.29. The quantitative estimate of drug-likeness (QED) is 0.457. The van der Waals surface area contributed by atoms with Gasteiger partial charge in [-0.25, -0.2) is 8.78 Å². The van der Waals surface area contributed by atoms with Crippen molar-refractivity contribution in [2.75, 3.05) is 6.61 Å². The van der Waals surface area contributed by atoms with Gasteiger partial charge in [0.2, 0.25) is 0 Å². The first kappa shape index (κ1) is 30.6. The molecule has 0 bridgehead atoms. The number of benzene rings is 2. The van der Waals surface area contributed by atoms with Crippen LogP contribution in [0.25, 0.3) is 0 Å². The first-order valence-corrected chi connectivity index (χ1v) is 15.8. The maximum atomic E-state index is 17.6. The van der Waals surface area contributed by atoms with Gasteiger partial charge < -0.3 is 25.4 Å². The van der Waals surface area contributed by atoms with E-state index in [4.69, 9.17) is 9.47 Å². The summed E-state index contributed by atoms with van der Waals surface area (Å²) in [6.07, 6.45) is -1.37. The minimum Gasteiger partial charge on any atom is -0.390 e. The van der Waals surface area contributed by atoms with Gasteiger partial charge in [0.15, 0.2) is 29.1 Å². The molecule has 4 aliphatic carbocycles. The Bertz CT molecular complexity index is 1630. The zero-order valence-electron chi connectivity index (χ0n) is 25.7. The number of Topliss-reactive ketones (excluding diaryl/α,β-unsaturated/α-hetero) is 1. The number of carbonyl (C=O) groups excluding carboxylic acids is 2. The predicted molar refractivity (Wildman–Crippen MR) is 160 cm³/mol. The minimum absolute atomic E-state index is 0.0418. The molecule has 1 aliphatic heterocycles. The van der Waals surface area contributed by atoms with Crippen molar-refractivity contribution in [1.29, 1.82) is 0 Å². The molecule has 0 amide bonds. The van der Waals surface area contributed by atoms with E-state index in [0.717, 1.165) is 22.9 Å². The molecular formula is C36H40F2NO6+. The van der Waals surface area contributed by atoms with Gasteiger partial charge in [-0.15, -0.1) is 0 Å². The summed E-state index contributed by atoms with van der Waals surface area (Å²) in [6, 6.07) is 15.8. The van der Waals surface area contributed by atoms with E-state index < -0.39 is 76.8 Å². The van der Waals surface area contributed by atoms with Crippen LogP contribution in [0.5, 0.6) is 0 Å². The van der Waals surface area contributed by atoms with Crippen LogP contribution >= 0.6 is 0 Å². The normalized spacial score (nSPS) is 42.3. The molecule has 0 radical (unpaired) electrons. The Morgan fingerprint density at radius 3 is 2.53 bits per heavy atom. The fourth-order valence-electron chi connectivity index (χ4n) is 9.71. The summed E-state index contributed by atoms with van der Waals surface area (Å²) in [7, 11) is 0. The highest BCUT2D eigenvalue weighted by Gasteiger charge is 2.80. The van der Waals surface area contributed by atoms with Crippen LogP contribution in [-0.2, 0) is 19.1 Å². The first-order chi connectivity index (χ1) is 21.3. The number of hydrogen-bond acceptors (Lipinski definition) is 6. The number of carbonyl (C=O) groups is 2. The topological polar surface area (TPSA) is 121 Å². The molecule has 9 heteroatoms. The van der Waals surface area contributed by atoms with E-state index in [1.54, 1.807) is 13.8 Å². The summed E-state index contributed by atoms with van der Waals surface area (Å²) in [6.45, 7) is 4.61. The lowest BCUT2D eigenvalue weighted by Crippen LogP contribution is -2.70. The number of halogens is 2. The number of rotatable bonds is 5. The lowest BCUT2D eigenvalue weighted by molar-refractivity contribution is -0.254.